The molecule has 1 atom stereocenters. The third kappa shape index (κ3) is 3.78. The Kier molecular flexibility index (Phi) is 4.30. The third-order valence-electron chi connectivity index (χ3n) is 2.61. The van der Waals surface area contributed by atoms with Gasteiger partial charge in [0.05, 0.1) is 0 Å². The number of hydrogen-bond donors (Lipinski definition) is 1. The van der Waals surface area contributed by atoms with Crippen molar-refractivity contribution < 1.29 is 18.3 Å². The van der Waals surface area contributed by atoms with E-state index in [4.69, 9.17) is 4.74 Å². The monoisotopic (exact) mass is 277 g/mol. The average Bonchev–Trinajstić information content (AvgIpc) is 2.44. The van der Waals surface area contributed by atoms with Gasteiger partial charge >= 0.3 is 0 Å². The summed E-state index contributed by atoms with van der Waals surface area (Å²) in [7, 11) is 0. The van der Waals surface area contributed by atoms with Gasteiger partial charge in [-0.05, 0) is 55.5 Å². The fraction of sp³-hybridized carbons (Fsp3) is 0.133. The van der Waals surface area contributed by atoms with Crippen LogP contribution in [0.25, 0.3) is 0 Å². The van der Waals surface area contributed by atoms with Crippen LogP contribution in [0.4, 0.5) is 14.5 Å². The maximum Gasteiger partial charge on any atom is 0.265 e. The molecule has 0 saturated heterocycles. The van der Waals surface area contributed by atoms with E-state index < -0.39 is 6.10 Å². The van der Waals surface area contributed by atoms with E-state index in [2.05, 4.69) is 5.32 Å². The second kappa shape index (κ2) is 6.14. The molecule has 0 aliphatic heterocycles. The van der Waals surface area contributed by atoms with E-state index in [9.17, 15) is 13.6 Å². The number of rotatable bonds is 4. The molecule has 2 aromatic rings. The van der Waals surface area contributed by atoms with Crippen LogP contribution in [0, 0.1) is 11.6 Å². The summed E-state index contributed by atoms with van der Waals surface area (Å²) in [6, 6.07) is 10.8. The van der Waals surface area contributed by atoms with Gasteiger partial charge in [0.2, 0.25) is 0 Å². The van der Waals surface area contributed by atoms with Gasteiger partial charge in [0.25, 0.3) is 5.91 Å². The van der Waals surface area contributed by atoms with E-state index in [1.165, 1.54) is 48.5 Å². The van der Waals surface area contributed by atoms with Crippen molar-refractivity contribution >= 4 is 11.6 Å². The molecule has 3 nitrogen and oxygen atoms in total. The first-order valence-electron chi connectivity index (χ1n) is 6.03. The van der Waals surface area contributed by atoms with Gasteiger partial charge in [-0.2, -0.15) is 0 Å². The number of hydrogen-bond acceptors (Lipinski definition) is 2. The maximum absolute atomic E-state index is 12.7. The van der Waals surface area contributed by atoms with Gasteiger partial charge in [-0.25, -0.2) is 8.78 Å². The van der Waals surface area contributed by atoms with Crippen LogP contribution >= 0.6 is 0 Å². The largest absolute Gasteiger partial charge is 0.481 e. The molecule has 0 radical (unpaired) electrons. The van der Waals surface area contributed by atoms with Gasteiger partial charge in [-0.15, -0.1) is 0 Å². The van der Waals surface area contributed by atoms with Gasteiger partial charge in [0.15, 0.2) is 6.10 Å². The highest BCUT2D eigenvalue weighted by Gasteiger charge is 2.14. The Labute approximate surface area is 115 Å². The Hall–Kier alpha value is -2.43. The van der Waals surface area contributed by atoms with Crippen molar-refractivity contribution in [3.63, 3.8) is 0 Å². The first kappa shape index (κ1) is 14.0. The summed E-state index contributed by atoms with van der Waals surface area (Å²) in [4.78, 5) is 11.9. The van der Waals surface area contributed by atoms with Gasteiger partial charge in [-0.1, -0.05) is 0 Å². The molecule has 0 aromatic heterocycles. The normalized spacial score (nSPS) is 11.8. The molecule has 0 fully saturated rings. The molecule has 1 amide bonds. The summed E-state index contributed by atoms with van der Waals surface area (Å²) in [6.45, 7) is 1.57. The van der Waals surface area contributed by atoms with E-state index in [0.717, 1.165) is 0 Å². The lowest BCUT2D eigenvalue weighted by atomic mass is 10.3. The Bertz CT molecular complexity index is 582. The fourth-order valence-electron chi connectivity index (χ4n) is 1.55. The second-order valence-electron chi connectivity index (χ2n) is 4.21. The summed E-state index contributed by atoms with van der Waals surface area (Å²) >= 11 is 0. The molecule has 2 aromatic carbocycles. The van der Waals surface area contributed by atoms with E-state index >= 15 is 0 Å². The molecule has 0 saturated carbocycles. The lowest BCUT2D eigenvalue weighted by Gasteiger charge is -2.14. The first-order chi connectivity index (χ1) is 9.54. The Morgan fingerprint density at radius 1 is 1.00 bits per heavy atom. The number of ether oxygens (including phenoxy) is 1. The maximum atomic E-state index is 12.7. The zero-order chi connectivity index (χ0) is 14.5. The standard InChI is InChI=1S/C15H13F2NO2/c1-10(20-14-8-4-12(17)5-9-14)15(19)18-13-6-2-11(16)3-7-13/h2-10H,1H3,(H,18,19)/t10-/m1/s1. The number of benzene rings is 2. The predicted molar refractivity (Wildman–Crippen MR) is 71.5 cm³/mol. The quantitative estimate of drug-likeness (QED) is 0.930. The fourth-order valence-corrected chi connectivity index (χ4v) is 1.55. The molecule has 2 rings (SSSR count). The van der Waals surface area contributed by atoms with Gasteiger partial charge in [0, 0.05) is 5.69 Å². The van der Waals surface area contributed by atoms with Crippen molar-refractivity contribution in [2.45, 2.75) is 13.0 Å². The van der Waals surface area contributed by atoms with Crippen molar-refractivity contribution in [2.75, 3.05) is 5.32 Å². The second-order valence-corrected chi connectivity index (χ2v) is 4.21. The van der Waals surface area contributed by atoms with Crippen LogP contribution in [-0.2, 0) is 4.79 Å². The molecule has 0 bridgehead atoms. The third-order valence-corrected chi connectivity index (χ3v) is 2.61. The Morgan fingerprint density at radius 2 is 1.50 bits per heavy atom. The Balaban J connectivity index is 1.94. The molecule has 20 heavy (non-hydrogen) atoms. The van der Waals surface area contributed by atoms with Gasteiger partial charge in [0.1, 0.15) is 17.4 Å². The lowest BCUT2D eigenvalue weighted by molar-refractivity contribution is -0.122. The minimum absolute atomic E-state index is 0.374. The smallest absolute Gasteiger partial charge is 0.265 e. The molecular formula is C15H13F2NO2. The van der Waals surface area contributed by atoms with Crippen LogP contribution in [-0.4, -0.2) is 12.0 Å². The summed E-state index contributed by atoms with van der Waals surface area (Å²) in [6.07, 6.45) is -0.759. The molecule has 0 heterocycles. The number of carbonyl (C=O) groups excluding carboxylic acids is 1. The van der Waals surface area contributed by atoms with Crippen molar-refractivity contribution in [2.24, 2.45) is 0 Å². The molecule has 1 N–H and O–H groups in total. The lowest BCUT2D eigenvalue weighted by Crippen LogP contribution is -2.30. The molecule has 0 aliphatic carbocycles. The van der Waals surface area contributed by atoms with Crippen LogP contribution in [0.1, 0.15) is 6.92 Å². The zero-order valence-electron chi connectivity index (χ0n) is 10.8. The minimum atomic E-state index is -0.759. The topological polar surface area (TPSA) is 38.3 Å². The van der Waals surface area contributed by atoms with Gasteiger partial charge in [-0.3, -0.25) is 4.79 Å². The zero-order valence-corrected chi connectivity index (χ0v) is 10.8. The van der Waals surface area contributed by atoms with Gasteiger partial charge < -0.3 is 10.1 Å². The number of carbonyl (C=O) groups is 1. The number of anilines is 1. The average molecular weight is 277 g/mol. The minimum Gasteiger partial charge on any atom is -0.481 e. The number of halogens is 2. The van der Waals surface area contributed by atoms with Crippen LogP contribution < -0.4 is 10.1 Å². The summed E-state index contributed by atoms with van der Waals surface area (Å²) in [5.74, 6) is -0.728. The Morgan fingerprint density at radius 3 is 2.05 bits per heavy atom. The first-order valence-corrected chi connectivity index (χ1v) is 6.03. The summed E-state index contributed by atoms with van der Waals surface area (Å²) in [5, 5.41) is 2.60. The molecule has 0 aliphatic rings. The van der Waals surface area contributed by atoms with E-state index in [1.807, 2.05) is 0 Å². The summed E-state index contributed by atoms with van der Waals surface area (Å²) < 4.78 is 30.8. The molecule has 0 spiro atoms. The highest BCUT2D eigenvalue weighted by molar-refractivity contribution is 5.94. The number of amides is 1. The van der Waals surface area contributed by atoms with Crippen LogP contribution in [0.3, 0.4) is 0 Å². The summed E-state index contributed by atoms with van der Waals surface area (Å²) in [5.41, 5.74) is 0.478. The molecule has 5 heteroatoms. The molecule has 104 valence electrons. The van der Waals surface area contributed by atoms with Crippen molar-refractivity contribution in [3.05, 3.63) is 60.2 Å². The van der Waals surface area contributed by atoms with E-state index in [0.29, 0.717) is 11.4 Å². The van der Waals surface area contributed by atoms with Crippen molar-refractivity contribution in [1.82, 2.24) is 0 Å². The van der Waals surface area contributed by atoms with Crippen LogP contribution in [0.15, 0.2) is 48.5 Å². The predicted octanol–water partition coefficient (Wildman–Crippen LogP) is 3.37. The van der Waals surface area contributed by atoms with E-state index in [1.54, 1.807) is 6.92 Å². The van der Waals surface area contributed by atoms with Crippen LogP contribution in [0.5, 0.6) is 5.75 Å². The van der Waals surface area contributed by atoms with Crippen molar-refractivity contribution in [3.8, 4) is 5.75 Å². The molecular weight excluding hydrogens is 264 g/mol. The number of nitrogens with one attached hydrogen (secondary N) is 1. The molecule has 0 unspecified atom stereocenters. The highest BCUT2D eigenvalue weighted by atomic mass is 19.1. The van der Waals surface area contributed by atoms with E-state index in [-0.39, 0.29) is 17.5 Å². The highest BCUT2D eigenvalue weighted by Crippen LogP contribution is 2.14. The SMILES string of the molecule is C[C@@H](Oc1ccc(F)cc1)C(=O)Nc1ccc(F)cc1. The van der Waals surface area contributed by atoms with Crippen molar-refractivity contribution in [1.29, 1.82) is 0 Å². The van der Waals surface area contributed by atoms with Crippen LogP contribution in [0.2, 0.25) is 0 Å².